The molecule has 1 unspecified atom stereocenters. The van der Waals surface area contributed by atoms with Crippen molar-refractivity contribution in [2.75, 3.05) is 26.2 Å². The second-order valence-corrected chi connectivity index (χ2v) is 6.29. The number of likely N-dealkylation sites (tertiary alicyclic amines) is 1. The van der Waals surface area contributed by atoms with Crippen molar-refractivity contribution in [3.05, 3.63) is 0 Å². The van der Waals surface area contributed by atoms with E-state index in [1.54, 1.807) is 0 Å². The number of nitrogens with one attached hydrogen (secondary N) is 1. The van der Waals surface area contributed by atoms with Crippen LogP contribution in [0, 0.1) is 5.41 Å². The van der Waals surface area contributed by atoms with Crippen molar-refractivity contribution >= 4 is 0 Å². The van der Waals surface area contributed by atoms with Gasteiger partial charge >= 0.3 is 0 Å². The van der Waals surface area contributed by atoms with E-state index in [1.165, 1.54) is 64.7 Å². The molecular formula is C14H28N2. The largest absolute Gasteiger partial charge is 0.312 e. The second-order valence-electron chi connectivity index (χ2n) is 6.29. The molecular weight excluding hydrogens is 196 g/mol. The summed E-state index contributed by atoms with van der Waals surface area (Å²) < 4.78 is 0. The Morgan fingerprint density at radius 3 is 2.56 bits per heavy atom. The maximum absolute atomic E-state index is 3.80. The predicted molar refractivity (Wildman–Crippen MR) is 69.7 cm³/mol. The molecule has 0 aromatic carbocycles. The van der Waals surface area contributed by atoms with Gasteiger partial charge in [-0.05, 0) is 44.2 Å². The average Bonchev–Trinajstić information content (AvgIpc) is 2.73. The minimum absolute atomic E-state index is 0.517. The third kappa shape index (κ3) is 3.21. The maximum Gasteiger partial charge on any atom is 0.0119 e. The zero-order chi connectivity index (χ0) is 11.4. The molecule has 1 saturated carbocycles. The van der Waals surface area contributed by atoms with E-state index in [2.05, 4.69) is 24.1 Å². The molecule has 0 spiro atoms. The van der Waals surface area contributed by atoms with E-state index in [1.807, 2.05) is 0 Å². The summed E-state index contributed by atoms with van der Waals surface area (Å²) in [6.45, 7) is 9.96. The van der Waals surface area contributed by atoms with Gasteiger partial charge < -0.3 is 10.2 Å². The van der Waals surface area contributed by atoms with Crippen LogP contribution in [-0.2, 0) is 0 Å². The Morgan fingerprint density at radius 2 is 1.88 bits per heavy atom. The number of nitrogens with zero attached hydrogens (tertiary/aromatic N) is 1. The Kier molecular flexibility index (Phi) is 4.26. The molecule has 1 saturated heterocycles. The molecule has 0 bridgehead atoms. The van der Waals surface area contributed by atoms with Crippen LogP contribution in [-0.4, -0.2) is 37.1 Å². The molecule has 2 rings (SSSR count). The first-order valence-corrected chi connectivity index (χ1v) is 7.14. The fraction of sp³-hybridized carbons (Fsp3) is 1.00. The van der Waals surface area contributed by atoms with Crippen molar-refractivity contribution in [2.24, 2.45) is 5.41 Å². The van der Waals surface area contributed by atoms with E-state index in [9.17, 15) is 0 Å². The molecule has 1 aliphatic carbocycles. The lowest BCUT2D eigenvalue weighted by Crippen LogP contribution is -2.46. The van der Waals surface area contributed by atoms with Crippen LogP contribution in [0.4, 0.5) is 0 Å². The Hall–Kier alpha value is -0.0800. The molecule has 1 atom stereocenters. The third-order valence-corrected chi connectivity index (χ3v) is 4.52. The van der Waals surface area contributed by atoms with Crippen molar-refractivity contribution in [2.45, 2.75) is 58.4 Å². The molecule has 2 heteroatoms. The van der Waals surface area contributed by atoms with Crippen LogP contribution in [0.25, 0.3) is 0 Å². The topological polar surface area (TPSA) is 15.3 Å². The minimum Gasteiger partial charge on any atom is -0.312 e. The highest BCUT2D eigenvalue weighted by Gasteiger charge is 2.31. The Labute approximate surface area is 101 Å². The van der Waals surface area contributed by atoms with Crippen molar-refractivity contribution in [1.29, 1.82) is 0 Å². The first-order valence-electron chi connectivity index (χ1n) is 7.14. The quantitative estimate of drug-likeness (QED) is 0.790. The van der Waals surface area contributed by atoms with E-state index < -0.39 is 0 Å². The Morgan fingerprint density at radius 1 is 1.12 bits per heavy atom. The van der Waals surface area contributed by atoms with Gasteiger partial charge in [-0.15, -0.1) is 0 Å². The monoisotopic (exact) mass is 224 g/mol. The third-order valence-electron chi connectivity index (χ3n) is 4.52. The number of hydrogen-bond acceptors (Lipinski definition) is 2. The molecule has 1 aliphatic heterocycles. The fourth-order valence-corrected chi connectivity index (χ4v) is 3.28. The van der Waals surface area contributed by atoms with Crippen LogP contribution in [0.2, 0.25) is 0 Å². The standard InChI is InChI=1S/C14H28N2/c1-14(2)8-4-3-7-13(14)15-9-12-16-10-5-6-11-16/h13,15H,3-12H2,1-2H3. The Balaban J connectivity index is 1.67. The molecule has 2 aliphatic rings. The molecule has 16 heavy (non-hydrogen) atoms. The second kappa shape index (κ2) is 5.50. The first kappa shape index (κ1) is 12.4. The summed E-state index contributed by atoms with van der Waals surface area (Å²) in [6.07, 6.45) is 8.45. The highest BCUT2D eigenvalue weighted by Crippen LogP contribution is 2.35. The predicted octanol–water partition coefficient (Wildman–Crippen LogP) is 2.64. The highest BCUT2D eigenvalue weighted by molar-refractivity contribution is 4.88. The molecule has 0 aromatic heterocycles. The highest BCUT2D eigenvalue weighted by atomic mass is 15.2. The summed E-state index contributed by atoms with van der Waals surface area (Å²) in [4.78, 5) is 2.60. The molecule has 1 N–H and O–H groups in total. The smallest absolute Gasteiger partial charge is 0.0119 e. The van der Waals surface area contributed by atoms with E-state index in [-0.39, 0.29) is 0 Å². The molecule has 94 valence electrons. The van der Waals surface area contributed by atoms with E-state index >= 15 is 0 Å². The van der Waals surface area contributed by atoms with Crippen molar-refractivity contribution in [1.82, 2.24) is 10.2 Å². The van der Waals surface area contributed by atoms with E-state index in [0.717, 1.165) is 6.04 Å². The summed E-state index contributed by atoms with van der Waals surface area (Å²) in [7, 11) is 0. The number of rotatable bonds is 4. The van der Waals surface area contributed by atoms with E-state index in [4.69, 9.17) is 0 Å². The van der Waals surface area contributed by atoms with Gasteiger partial charge in [0.15, 0.2) is 0 Å². The molecule has 2 fully saturated rings. The molecule has 2 nitrogen and oxygen atoms in total. The van der Waals surface area contributed by atoms with Gasteiger partial charge in [0.25, 0.3) is 0 Å². The van der Waals surface area contributed by atoms with Crippen LogP contribution in [0.5, 0.6) is 0 Å². The average molecular weight is 224 g/mol. The van der Waals surface area contributed by atoms with Gasteiger partial charge in [0.1, 0.15) is 0 Å². The van der Waals surface area contributed by atoms with Crippen LogP contribution >= 0.6 is 0 Å². The van der Waals surface area contributed by atoms with Gasteiger partial charge in [-0.3, -0.25) is 0 Å². The summed E-state index contributed by atoms with van der Waals surface area (Å²) in [5.41, 5.74) is 0.517. The lowest BCUT2D eigenvalue weighted by atomic mass is 9.73. The van der Waals surface area contributed by atoms with Crippen molar-refractivity contribution in [3.63, 3.8) is 0 Å². The lowest BCUT2D eigenvalue weighted by molar-refractivity contribution is 0.163. The molecule has 1 heterocycles. The van der Waals surface area contributed by atoms with Gasteiger partial charge in [-0.1, -0.05) is 26.7 Å². The molecule has 0 amide bonds. The number of hydrogen-bond donors (Lipinski definition) is 1. The minimum atomic E-state index is 0.517. The lowest BCUT2D eigenvalue weighted by Gasteiger charge is -2.39. The van der Waals surface area contributed by atoms with Gasteiger partial charge in [-0.2, -0.15) is 0 Å². The van der Waals surface area contributed by atoms with Crippen LogP contribution in [0.15, 0.2) is 0 Å². The van der Waals surface area contributed by atoms with Gasteiger partial charge in [0.2, 0.25) is 0 Å². The summed E-state index contributed by atoms with van der Waals surface area (Å²) in [5.74, 6) is 0. The maximum atomic E-state index is 3.80. The summed E-state index contributed by atoms with van der Waals surface area (Å²) in [6, 6.07) is 0.754. The SMILES string of the molecule is CC1(C)CCCCC1NCCN1CCCC1. The van der Waals surface area contributed by atoms with Crippen molar-refractivity contribution in [3.8, 4) is 0 Å². The zero-order valence-electron chi connectivity index (χ0n) is 11.1. The van der Waals surface area contributed by atoms with Crippen molar-refractivity contribution < 1.29 is 0 Å². The first-order chi connectivity index (χ1) is 7.68. The van der Waals surface area contributed by atoms with Crippen LogP contribution in [0.3, 0.4) is 0 Å². The Bertz CT molecular complexity index is 207. The summed E-state index contributed by atoms with van der Waals surface area (Å²) >= 11 is 0. The summed E-state index contributed by atoms with van der Waals surface area (Å²) in [5, 5.41) is 3.80. The van der Waals surface area contributed by atoms with Gasteiger partial charge in [-0.25, -0.2) is 0 Å². The van der Waals surface area contributed by atoms with Gasteiger partial charge in [0.05, 0.1) is 0 Å². The molecule has 0 aromatic rings. The molecule has 0 radical (unpaired) electrons. The van der Waals surface area contributed by atoms with E-state index in [0.29, 0.717) is 5.41 Å². The van der Waals surface area contributed by atoms with Gasteiger partial charge in [0, 0.05) is 19.1 Å². The van der Waals surface area contributed by atoms with Crippen LogP contribution in [0.1, 0.15) is 52.4 Å². The van der Waals surface area contributed by atoms with Crippen LogP contribution < -0.4 is 5.32 Å². The zero-order valence-corrected chi connectivity index (χ0v) is 11.1. The normalized spacial score (nSPS) is 30.8. The fourth-order valence-electron chi connectivity index (χ4n) is 3.28.